The van der Waals surface area contributed by atoms with Crippen molar-refractivity contribution in [2.75, 3.05) is 0 Å². The van der Waals surface area contributed by atoms with Crippen LogP contribution in [0, 0.1) is 5.82 Å². The lowest BCUT2D eigenvalue weighted by Gasteiger charge is -2.21. The molecule has 17 heavy (non-hydrogen) atoms. The molecule has 2 aromatic rings. The van der Waals surface area contributed by atoms with Gasteiger partial charge in [0.1, 0.15) is 5.82 Å². The van der Waals surface area contributed by atoms with Gasteiger partial charge in [-0.1, -0.05) is 31.4 Å². The summed E-state index contributed by atoms with van der Waals surface area (Å²) in [6, 6.07) is 9.10. The van der Waals surface area contributed by atoms with Gasteiger partial charge in [0.2, 0.25) is 0 Å². The summed E-state index contributed by atoms with van der Waals surface area (Å²) in [5, 5.41) is 0.632. The van der Waals surface area contributed by atoms with E-state index in [2.05, 4.69) is 4.98 Å². The molecule has 0 N–H and O–H groups in total. The summed E-state index contributed by atoms with van der Waals surface area (Å²) < 4.78 is 14.0. The standard InChI is InChI=1S/C15H16FN/c16-13-10-15(11-6-2-1-3-7-11)17-14-9-5-4-8-12(13)14/h4-5,8-11H,1-3,6-7H2. The van der Waals surface area contributed by atoms with E-state index >= 15 is 0 Å². The number of rotatable bonds is 1. The van der Waals surface area contributed by atoms with Gasteiger partial charge in [-0.15, -0.1) is 0 Å². The third-order valence-electron chi connectivity index (χ3n) is 3.71. The highest BCUT2D eigenvalue weighted by Crippen LogP contribution is 2.33. The number of halogens is 1. The number of fused-ring (bicyclic) bond motifs is 1. The van der Waals surface area contributed by atoms with E-state index in [1.165, 1.54) is 19.3 Å². The van der Waals surface area contributed by atoms with Crippen molar-refractivity contribution in [3.05, 3.63) is 41.8 Å². The van der Waals surface area contributed by atoms with Crippen molar-refractivity contribution in [2.24, 2.45) is 0 Å². The lowest BCUT2D eigenvalue weighted by atomic mass is 9.86. The molecule has 1 aromatic heterocycles. The molecule has 1 aromatic carbocycles. The zero-order valence-corrected chi connectivity index (χ0v) is 9.82. The lowest BCUT2D eigenvalue weighted by Crippen LogP contribution is -2.07. The molecule has 0 spiro atoms. The van der Waals surface area contributed by atoms with Crippen LogP contribution in [0.5, 0.6) is 0 Å². The Kier molecular flexibility index (Phi) is 2.79. The van der Waals surface area contributed by atoms with Crippen LogP contribution in [0.25, 0.3) is 10.9 Å². The number of para-hydroxylation sites is 1. The van der Waals surface area contributed by atoms with E-state index in [1.54, 1.807) is 12.1 Å². The SMILES string of the molecule is Fc1cc(C2CCCCC2)nc2ccccc12. The summed E-state index contributed by atoms with van der Waals surface area (Å²) in [4.78, 5) is 4.62. The smallest absolute Gasteiger partial charge is 0.134 e. The summed E-state index contributed by atoms with van der Waals surface area (Å²) in [5.41, 5.74) is 1.73. The quantitative estimate of drug-likeness (QED) is 0.705. The van der Waals surface area contributed by atoms with Gasteiger partial charge in [-0.05, 0) is 31.0 Å². The molecule has 88 valence electrons. The van der Waals surface area contributed by atoms with Crippen LogP contribution in [-0.4, -0.2) is 4.98 Å². The monoisotopic (exact) mass is 229 g/mol. The second-order valence-corrected chi connectivity index (χ2v) is 4.88. The zero-order chi connectivity index (χ0) is 11.7. The highest BCUT2D eigenvalue weighted by molar-refractivity contribution is 5.79. The first-order valence-electron chi connectivity index (χ1n) is 6.40. The van der Waals surface area contributed by atoms with E-state index in [0.717, 1.165) is 24.1 Å². The third-order valence-corrected chi connectivity index (χ3v) is 3.71. The van der Waals surface area contributed by atoms with E-state index in [-0.39, 0.29) is 5.82 Å². The number of hydrogen-bond donors (Lipinski definition) is 0. The molecule has 0 bridgehead atoms. The van der Waals surface area contributed by atoms with Gasteiger partial charge in [0.05, 0.1) is 5.52 Å². The molecule has 0 amide bonds. The minimum absolute atomic E-state index is 0.129. The largest absolute Gasteiger partial charge is 0.252 e. The molecule has 1 heterocycles. The van der Waals surface area contributed by atoms with Crippen molar-refractivity contribution in [1.29, 1.82) is 0 Å². The summed E-state index contributed by atoms with van der Waals surface area (Å²) in [6.07, 6.45) is 6.13. The van der Waals surface area contributed by atoms with E-state index in [4.69, 9.17) is 0 Å². The highest BCUT2D eigenvalue weighted by atomic mass is 19.1. The van der Waals surface area contributed by atoms with Gasteiger partial charge in [-0.2, -0.15) is 0 Å². The predicted octanol–water partition coefficient (Wildman–Crippen LogP) is 4.42. The molecule has 3 rings (SSSR count). The lowest BCUT2D eigenvalue weighted by molar-refractivity contribution is 0.436. The Morgan fingerprint density at radius 2 is 1.82 bits per heavy atom. The average molecular weight is 229 g/mol. The minimum atomic E-state index is -0.129. The van der Waals surface area contributed by atoms with Crippen LogP contribution >= 0.6 is 0 Å². The maximum Gasteiger partial charge on any atom is 0.134 e. The number of aromatic nitrogens is 1. The molecule has 1 aliphatic carbocycles. The van der Waals surface area contributed by atoms with Crippen LogP contribution in [0.4, 0.5) is 4.39 Å². The summed E-state index contributed by atoms with van der Waals surface area (Å²) >= 11 is 0. The van der Waals surface area contributed by atoms with Gasteiger partial charge in [0.25, 0.3) is 0 Å². The maximum atomic E-state index is 14.0. The zero-order valence-electron chi connectivity index (χ0n) is 9.82. The predicted molar refractivity (Wildman–Crippen MR) is 67.5 cm³/mol. The first-order chi connectivity index (χ1) is 8.34. The summed E-state index contributed by atoms with van der Waals surface area (Å²) in [5.74, 6) is 0.332. The van der Waals surface area contributed by atoms with Crippen molar-refractivity contribution >= 4 is 10.9 Å². The van der Waals surface area contributed by atoms with Crippen LogP contribution in [0.15, 0.2) is 30.3 Å². The van der Waals surface area contributed by atoms with E-state index < -0.39 is 0 Å². The Bertz CT molecular complexity index is 529. The maximum absolute atomic E-state index is 14.0. The Hall–Kier alpha value is -1.44. The van der Waals surface area contributed by atoms with Crippen LogP contribution in [-0.2, 0) is 0 Å². The third kappa shape index (κ3) is 2.04. The van der Waals surface area contributed by atoms with E-state index in [0.29, 0.717) is 11.3 Å². The number of benzene rings is 1. The minimum Gasteiger partial charge on any atom is -0.252 e. The number of pyridine rings is 1. The fraction of sp³-hybridized carbons (Fsp3) is 0.400. The molecule has 1 aliphatic rings. The second kappa shape index (κ2) is 4.44. The first kappa shape index (κ1) is 10.7. The van der Waals surface area contributed by atoms with Crippen LogP contribution in [0.2, 0.25) is 0 Å². The van der Waals surface area contributed by atoms with Crippen molar-refractivity contribution < 1.29 is 4.39 Å². The summed E-state index contributed by atoms with van der Waals surface area (Å²) in [6.45, 7) is 0. The molecule has 1 nitrogen and oxygen atoms in total. The Balaban J connectivity index is 2.05. The van der Waals surface area contributed by atoms with Gasteiger partial charge < -0.3 is 0 Å². The fourth-order valence-corrected chi connectivity index (χ4v) is 2.76. The van der Waals surface area contributed by atoms with Crippen LogP contribution < -0.4 is 0 Å². The molecule has 0 radical (unpaired) electrons. The van der Waals surface area contributed by atoms with Crippen molar-refractivity contribution in [3.8, 4) is 0 Å². The second-order valence-electron chi connectivity index (χ2n) is 4.88. The van der Waals surface area contributed by atoms with Crippen LogP contribution in [0.1, 0.15) is 43.7 Å². The van der Waals surface area contributed by atoms with Gasteiger partial charge >= 0.3 is 0 Å². The van der Waals surface area contributed by atoms with Gasteiger partial charge in [0, 0.05) is 17.0 Å². The molecule has 0 unspecified atom stereocenters. The van der Waals surface area contributed by atoms with Crippen molar-refractivity contribution in [2.45, 2.75) is 38.0 Å². The van der Waals surface area contributed by atoms with Crippen molar-refractivity contribution in [3.63, 3.8) is 0 Å². The van der Waals surface area contributed by atoms with Gasteiger partial charge in [-0.25, -0.2) is 4.39 Å². The Morgan fingerprint density at radius 3 is 2.65 bits per heavy atom. The molecular weight excluding hydrogens is 213 g/mol. The molecule has 1 saturated carbocycles. The first-order valence-corrected chi connectivity index (χ1v) is 6.40. The molecule has 0 atom stereocenters. The molecule has 1 fully saturated rings. The number of hydrogen-bond acceptors (Lipinski definition) is 1. The van der Waals surface area contributed by atoms with Crippen molar-refractivity contribution in [1.82, 2.24) is 4.98 Å². The molecule has 2 heteroatoms. The topological polar surface area (TPSA) is 12.9 Å². The van der Waals surface area contributed by atoms with Gasteiger partial charge in [0.15, 0.2) is 0 Å². The Labute approximate surface area is 101 Å². The molecular formula is C15H16FN. The summed E-state index contributed by atoms with van der Waals surface area (Å²) in [7, 11) is 0. The fourth-order valence-electron chi connectivity index (χ4n) is 2.76. The van der Waals surface area contributed by atoms with Gasteiger partial charge in [-0.3, -0.25) is 4.98 Å². The molecule has 0 aliphatic heterocycles. The highest BCUT2D eigenvalue weighted by Gasteiger charge is 2.18. The molecule has 0 saturated heterocycles. The van der Waals surface area contributed by atoms with E-state index in [1.807, 2.05) is 18.2 Å². The number of nitrogens with zero attached hydrogens (tertiary/aromatic N) is 1. The normalized spacial score (nSPS) is 17.5. The van der Waals surface area contributed by atoms with Crippen LogP contribution in [0.3, 0.4) is 0 Å². The Morgan fingerprint density at radius 1 is 1.06 bits per heavy atom. The average Bonchev–Trinajstić information content (AvgIpc) is 2.40. The van der Waals surface area contributed by atoms with E-state index in [9.17, 15) is 4.39 Å².